The van der Waals surface area contributed by atoms with Crippen LogP contribution in [-0.2, 0) is 0 Å². The van der Waals surface area contributed by atoms with Gasteiger partial charge in [0.2, 0.25) is 0 Å². The van der Waals surface area contributed by atoms with Gasteiger partial charge in [-0.15, -0.1) is 0 Å². The van der Waals surface area contributed by atoms with Crippen molar-refractivity contribution in [2.75, 3.05) is 0 Å². The van der Waals surface area contributed by atoms with Gasteiger partial charge in [0, 0.05) is 0 Å². The molecule has 122 valence electrons. The van der Waals surface area contributed by atoms with E-state index in [-0.39, 0.29) is 17.7 Å². The Morgan fingerprint density at radius 3 is 0.476 bits per heavy atom. The zero-order valence-electron chi connectivity index (χ0n) is 10.3. The summed E-state index contributed by atoms with van der Waals surface area (Å²) in [4.78, 5) is -4.00. The molecule has 21 heavy (non-hydrogen) atoms. The summed E-state index contributed by atoms with van der Waals surface area (Å²) in [5.74, 6) is 0. The molecule has 0 radical (unpaired) electrons. The first-order valence-electron chi connectivity index (χ1n) is 4.17. The van der Waals surface area contributed by atoms with Crippen molar-refractivity contribution in [2.45, 2.75) is 4.85 Å². The fourth-order valence-corrected chi connectivity index (χ4v) is 0. The summed E-state index contributed by atoms with van der Waals surface area (Å²) < 4.78 is 31.1. The van der Waals surface area contributed by atoms with Gasteiger partial charge in [-0.2, -0.15) is 0 Å². The summed E-state index contributed by atoms with van der Waals surface area (Å²) in [5, 5.41) is 86.0. The molecule has 0 fully saturated rings. The molecule has 0 saturated heterocycles. The Morgan fingerprint density at radius 2 is 0.476 bits per heavy atom. The van der Waals surface area contributed by atoms with Crippen LogP contribution in [0, 0.1) is 0 Å². The first-order chi connectivity index (χ1) is 8.93. The Hall–Kier alpha value is 0.167. The third-order valence-electron chi connectivity index (χ3n) is 0. The molecule has 0 spiro atoms. The molecule has 20 heteroatoms. The van der Waals surface area contributed by atoms with E-state index in [0.717, 1.165) is 0 Å². The molecule has 0 aliphatic heterocycles. The van der Waals surface area contributed by atoms with Gasteiger partial charge in [-0.25, -0.2) is 0 Å². The average Bonchev–Trinajstić information content (AvgIpc) is 1.91. The molecule has 0 saturated carbocycles. The van der Waals surface area contributed by atoms with Crippen LogP contribution in [0.2, 0.25) is 0 Å². The van der Waals surface area contributed by atoms with E-state index in [1.54, 1.807) is 0 Å². The fourth-order valence-electron chi connectivity index (χ4n) is 0. The van der Waals surface area contributed by atoms with Crippen LogP contribution in [-0.4, -0.2) is 112 Å². The average molecular weight is 323 g/mol. The van der Waals surface area contributed by atoms with Crippen LogP contribution in [0.3, 0.4) is 0 Å². The van der Waals surface area contributed by atoms with Crippen LogP contribution < -0.4 is 0 Å². The van der Waals surface area contributed by atoms with Crippen molar-refractivity contribution in [3.8, 4) is 0 Å². The predicted molar refractivity (Wildman–Crippen MR) is 61.5 cm³/mol. The van der Waals surface area contributed by atoms with Gasteiger partial charge >= 0.3 is 65.0 Å². The molecule has 12 N–H and O–H groups in total. The van der Waals surface area contributed by atoms with Crippen LogP contribution >= 0.6 is 0 Å². The molecule has 0 aromatic carbocycles. The number of hydrogen-bond acceptors (Lipinski definition) is 12. The van der Waals surface area contributed by atoms with Gasteiger partial charge in [0.1, 0.15) is 0 Å². The maximum absolute atomic E-state index is 10.4. The van der Waals surface area contributed by atoms with Crippen molar-refractivity contribution in [1.82, 2.24) is 0 Å². The van der Waals surface area contributed by atoms with Gasteiger partial charge in [0.15, 0.2) is 0 Å². The number of halogens is 3. The Kier molecular flexibility index (Phi) is 35.2. The van der Waals surface area contributed by atoms with Gasteiger partial charge in [0.25, 0.3) is 0 Å². The van der Waals surface area contributed by atoms with Crippen molar-refractivity contribution in [2.24, 2.45) is 0 Å². The molecule has 0 bridgehead atoms. The Bertz CT molecular complexity index is 128. The minimum atomic E-state index is -4.00. The second kappa shape index (κ2) is 22.4. The van der Waals surface area contributed by atoms with Crippen LogP contribution in [0.5, 0.6) is 0 Å². The monoisotopic (exact) mass is 324 g/mol. The summed E-state index contributed by atoms with van der Waals surface area (Å²) in [5.41, 5.74) is 0. The van der Waals surface area contributed by atoms with Crippen molar-refractivity contribution >= 4 is 47.0 Å². The van der Waals surface area contributed by atoms with Crippen LogP contribution in [0.15, 0.2) is 0 Å². The van der Waals surface area contributed by atoms with Crippen LogP contribution in [0.1, 0.15) is 0 Å². The zero-order valence-corrected chi connectivity index (χ0v) is 10.3. The van der Waals surface area contributed by atoms with Gasteiger partial charge in [-0.1, -0.05) is 0 Å². The van der Waals surface area contributed by atoms with Gasteiger partial charge in [-0.3, -0.25) is 0 Å². The van der Waals surface area contributed by atoms with Gasteiger partial charge < -0.3 is 60.3 Å². The third-order valence-corrected chi connectivity index (χ3v) is 0. The molecule has 0 aromatic heterocycles. The van der Waals surface area contributed by atoms with Crippen molar-refractivity contribution in [3.63, 3.8) is 0 Å². The predicted octanol–water partition coefficient (Wildman–Crippen LogP) is -7.53. The first-order valence-corrected chi connectivity index (χ1v) is 4.17. The molecule has 0 amide bonds. The summed E-state index contributed by atoms with van der Waals surface area (Å²) in [7, 11) is -8.67. The molecular formula is CH12B4F3LiO12. The van der Waals surface area contributed by atoms with E-state index < -0.39 is 34.1 Å². The Morgan fingerprint density at radius 1 is 0.476 bits per heavy atom. The van der Waals surface area contributed by atoms with E-state index in [9.17, 15) is 13.2 Å². The van der Waals surface area contributed by atoms with Crippen LogP contribution in [0.25, 0.3) is 0 Å². The second-order valence-corrected chi connectivity index (χ2v) is 2.17. The molecule has 0 unspecified atom stereocenters. The van der Waals surface area contributed by atoms with Crippen LogP contribution in [0.4, 0.5) is 13.2 Å². The second-order valence-electron chi connectivity index (χ2n) is 2.17. The normalized spacial score (nSPS) is 8.05. The minimum absolute atomic E-state index is 0.188. The molecular weight excluding hydrogens is 311 g/mol. The SMILES string of the molecule is OB(O)O.OB(O)O.OB(O)O.OB(O)O.[Li][C](F)(F)F. The third kappa shape index (κ3) is 238000. The quantitative estimate of drug-likeness (QED) is 0.186. The molecule has 0 aliphatic rings. The van der Waals surface area contributed by atoms with E-state index in [4.69, 9.17) is 60.3 Å². The Labute approximate surface area is 126 Å². The number of hydrogen-bond donors (Lipinski definition) is 12. The van der Waals surface area contributed by atoms with E-state index in [2.05, 4.69) is 0 Å². The van der Waals surface area contributed by atoms with Gasteiger partial charge in [-0.05, 0) is 0 Å². The number of rotatable bonds is 0. The zero-order chi connectivity index (χ0) is 18.8. The first kappa shape index (κ1) is 32.9. The summed E-state index contributed by atoms with van der Waals surface area (Å²) in [6.07, 6.45) is 0. The van der Waals surface area contributed by atoms with Gasteiger partial charge in [0.05, 0.1) is 0 Å². The number of alkyl halides is 3. The van der Waals surface area contributed by atoms with Crippen molar-refractivity contribution in [1.29, 1.82) is 0 Å². The standard InChI is InChI=1S/CF3.4BH3O3.Li/c5*2-1(3)4;/h;4*2-4H;. The molecule has 0 atom stereocenters. The maximum atomic E-state index is 10.4. The Balaban J connectivity index is -0.0000000510. The van der Waals surface area contributed by atoms with E-state index in [1.807, 2.05) is 0 Å². The molecule has 0 heterocycles. The van der Waals surface area contributed by atoms with Crippen molar-refractivity contribution < 1.29 is 73.5 Å². The molecule has 0 aromatic rings. The molecule has 12 nitrogen and oxygen atoms in total. The topological polar surface area (TPSA) is 243 Å². The van der Waals surface area contributed by atoms with Crippen molar-refractivity contribution in [3.05, 3.63) is 0 Å². The summed E-state index contributed by atoms with van der Waals surface area (Å²) in [6.45, 7) is 0. The summed E-state index contributed by atoms with van der Waals surface area (Å²) in [6, 6.07) is 0. The summed E-state index contributed by atoms with van der Waals surface area (Å²) >= 11 is 0.188. The fraction of sp³-hybridized carbons (Fsp3) is 1.00. The van der Waals surface area contributed by atoms with E-state index in [1.165, 1.54) is 0 Å². The van der Waals surface area contributed by atoms with E-state index in [0.29, 0.717) is 0 Å². The molecule has 0 aliphatic carbocycles. The van der Waals surface area contributed by atoms with E-state index >= 15 is 0 Å². The molecule has 0 rings (SSSR count).